The molecule has 130 valence electrons. The molecule has 1 atom stereocenters. The van der Waals surface area contributed by atoms with Crippen molar-refractivity contribution in [1.29, 1.82) is 0 Å². The number of carbonyl (C=O) groups is 1. The fourth-order valence-electron chi connectivity index (χ4n) is 2.66. The molecule has 1 fully saturated rings. The Morgan fingerprint density at radius 2 is 2.17 bits per heavy atom. The molecule has 0 aromatic heterocycles. The van der Waals surface area contributed by atoms with E-state index in [0.29, 0.717) is 19.8 Å². The summed E-state index contributed by atoms with van der Waals surface area (Å²) < 4.78 is 11.5. The Morgan fingerprint density at radius 3 is 2.88 bits per heavy atom. The van der Waals surface area contributed by atoms with Crippen LogP contribution in [0.4, 0.5) is 0 Å². The maximum absolute atomic E-state index is 10.7. The van der Waals surface area contributed by atoms with Crippen LogP contribution in [0.15, 0.2) is 24.3 Å². The molecule has 1 aliphatic rings. The second-order valence-electron chi connectivity index (χ2n) is 5.88. The highest BCUT2D eigenvalue weighted by molar-refractivity contribution is 5.66. The zero-order chi connectivity index (χ0) is 17.2. The van der Waals surface area contributed by atoms with Gasteiger partial charge in [-0.1, -0.05) is 12.1 Å². The van der Waals surface area contributed by atoms with Gasteiger partial charge in [-0.25, -0.2) is 0 Å². The predicted molar refractivity (Wildman–Crippen MR) is 92.0 cm³/mol. The summed E-state index contributed by atoms with van der Waals surface area (Å²) in [5.74, 6) is 2.71. The molecule has 1 aromatic carbocycles. The lowest BCUT2D eigenvalue weighted by Crippen LogP contribution is -2.39. The number of carboxylic acids is 1. The largest absolute Gasteiger partial charge is 0.494 e. The molecule has 1 saturated heterocycles. The number of benzene rings is 1. The van der Waals surface area contributed by atoms with Gasteiger partial charge in [-0.05, 0) is 30.5 Å². The van der Waals surface area contributed by atoms with Gasteiger partial charge >= 0.3 is 5.97 Å². The lowest BCUT2D eigenvalue weighted by atomic mass is 10.1. The minimum absolute atomic E-state index is 0.0165. The molecule has 1 unspecified atom stereocenters. The smallest absolute Gasteiger partial charge is 0.304 e. The lowest BCUT2D eigenvalue weighted by Gasteiger charge is -2.32. The first-order valence-corrected chi connectivity index (χ1v) is 8.41. The predicted octanol–water partition coefficient (Wildman–Crippen LogP) is 2.72. The Bertz CT molecular complexity index is 549. The summed E-state index contributed by atoms with van der Waals surface area (Å²) in [4.78, 5) is 12.8. The van der Waals surface area contributed by atoms with E-state index in [9.17, 15) is 4.79 Å². The summed E-state index contributed by atoms with van der Waals surface area (Å²) in [5.41, 5.74) is 1.09. The van der Waals surface area contributed by atoms with Gasteiger partial charge in [0.1, 0.15) is 5.75 Å². The van der Waals surface area contributed by atoms with Gasteiger partial charge in [0.2, 0.25) is 0 Å². The van der Waals surface area contributed by atoms with Gasteiger partial charge in [-0.15, -0.1) is 12.3 Å². The minimum atomic E-state index is -0.762. The summed E-state index contributed by atoms with van der Waals surface area (Å²) in [5, 5.41) is 8.79. The number of carboxylic acid groups (broad SMARTS) is 1. The van der Waals surface area contributed by atoms with Gasteiger partial charge in [0.15, 0.2) is 0 Å². The average Bonchev–Trinajstić information content (AvgIpc) is 2.60. The van der Waals surface area contributed by atoms with Crippen molar-refractivity contribution in [3.63, 3.8) is 0 Å². The summed E-state index contributed by atoms with van der Waals surface area (Å²) in [6.07, 6.45) is 8.10. The first-order valence-electron chi connectivity index (χ1n) is 8.41. The second-order valence-corrected chi connectivity index (χ2v) is 5.88. The minimum Gasteiger partial charge on any atom is -0.494 e. The van der Waals surface area contributed by atoms with Crippen molar-refractivity contribution in [1.82, 2.24) is 4.90 Å². The fraction of sp³-hybridized carbons (Fsp3) is 0.526. The van der Waals surface area contributed by atoms with Crippen molar-refractivity contribution >= 4 is 5.97 Å². The number of terminal acetylenes is 1. The molecule has 0 spiro atoms. The standard InChI is InChI=1S/C19H25NO4/c1-2-3-4-5-13-23-17-8-6-16(7-9-17)18-15-20(12-14-24-18)11-10-19(21)22/h1,6-9,18H,3-5,10-15H2,(H,21,22). The molecule has 0 amide bonds. The van der Waals surface area contributed by atoms with Gasteiger partial charge in [-0.2, -0.15) is 0 Å². The van der Waals surface area contributed by atoms with Crippen LogP contribution in [0.5, 0.6) is 5.75 Å². The summed E-state index contributed by atoms with van der Waals surface area (Å²) in [6, 6.07) is 7.94. The number of morpholine rings is 1. The number of aliphatic carboxylic acids is 1. The van der Waals surface area contributed by atoms with Crippen LogP contribution in [-0.2, 0) is 9.53 Å². The number of unbranched alkanes of at least 4 members (excludes halogenated alkanes) is 2. The monoisotopic (exact) mass is 331 g/mol. The summed E-state index contributed by atoms with van der Waals surface area (Å²) in [6.45, 7) is 3.36. The zero-order valence-electron chi connectivity index (χ0n) is 13.9. The van der Waals surface area contributed by atoms with E-state index in [4.69, 9.17) is 21.0 Å². The maximum Gasteiger partial charge on any atom is 0.304 e. The number of hydrogen-bond acceptors (Lipinski definition) is 4. The van der Waals surface area contributed by atoms with E-state index < -0.39 is 5.97 Å². The molecule has 0 saturated carbocycles. The van der Waals surface area contributed by atoms with Crippen molar-refractivity contribution in [2.45, 2.75) is 31.8 Å². The van der Waals surface area contributed by atoms with E-state index in [1.807, 2.05) is 24.3 Å². The Hall–Kier alpha value is -2.03. The molecule has 5 heteroatoms. The SMILES string of the molecule is C#CCCCCOc1ccc(C2CN(CCC(=O)O)CCO2)cc1. The Labute approximate surface area is 143 Å². The number of hydrogen-bond donors (Lipinski definition) is 1. The molecule has 24 heavy (non-hydrogen) atoms. The van der Waals surface area contributed by atoms with Crippen molar-refractivity contribution < 1.29 is 19.4 Å². The second kappa shape index (κ2) is 9.96. The molecular weight excluding hydrogens is 306 g/mol. The maximum atomic E-state index is 10.7. The first-order chi connectivity index (χ1) is 11.7. The van der Waals surface area contributed by atoms with E-state index in [-0.39, 0.29) is 12.5 Å². The third-order valence-corrected chi connectivity index (χ3v) is 4.03. The molecule has 1 aromatic rings. The highest BCUT2D eigenvalue weighted by Crippen LogP contribution is 2.24. The van der Waals surface area contributed by atoms with Gasteiger partial charge in [0.05, 0.1) is 25.7 Å². The van der Waals surface area contributed by atoms with E-state index >= 15 is 0 Å². The molecule has 0 bridgehead atoms. The van der Waals surface area contributed by atoms with Crippen LogP contribution in [0.25, 0.3) is 0 Å². The van der Waals surface area contributed by atoms with Crippen molar-refractivity contribution in [2.24, 2.45) is 0 Å². The van der Waals surface area contributed by atoms with E-state index in [1.54, 1.807) is 0 Å². The number of nitrogens with zero attached hydrogens (tertiary/aromatic N) is 1. The third kappa shape index (κ3) is 6.23. The van der Waals surface area contributed by atoms with Crippen LogP contribution < -0.4 is 4.74 Å². The molecule has 0 aliphatic carbocycles. The lowest BCUT2D eigenvalue weighted by molar-refractivity contribution is -0.137. The highest BCUT2D eigenvalue weighted by atomic mass is 16.5. The van der Waals surface area contributed by atoms with Gasteiger partial charge in [0.25, 0.3) is 0 Å². The molecular formula is C19H25NO4. The number of rotatable bonds is 9. The quantitative estimate of drug-likeness (QED) is 0.557. The molecule has 5 nitrogen and oxygen atoms in total. The van der Waals surface area contributed by atoms with Crippen LogP contribution in [0.3, 0.4) is 0 Å². The van der Waals surface area contributed by atoms with Gasteiger partial charge in [0, 0.05) is 26.1 Å². The van der Waals surface area contributed by atoms with E-state index in [0.717, 1.165) is 43.7 Å². The van der Waals surface area contributed by atoms with Crippen LogP contribution >= 0.6 is 0 Å². The van der Waals surface area contributed by atoms with Crippen LogP contribution in [-0.4, -0.2) is 48.8 Å². The summed E-state index contributed by atoms with van der Waals surface area (Å²) >= 11 is 0. The van der Waals surface area contributed by atoms with E-state index in [2.05, 4.69) is 10.8 Å². The van der Waals surface area contributed by atoms with Crippen molar-refractivity contribution in [3.8, 4) is 18.1 Å². The van der Waals surface area contributed by atoms with E-state index in [1.165, 1.54) is 0 Å². The van der Waals surface area contributed by atoms with Crippen LogP contribution in [0, 0.1) is 12.3 Å². The van der Waals surface area contributed by atoms with Crippen LogP contribution in [0.1, 0.15) is 37.4 Å². The van der Waals surface area contributed by atoms with Crippen molar-refractivity contribution in [2.75, 3.05) is 32.8 Å². The normalized spacial score (nSPS) is 18.0. The Balaban J connectivity index is 1.79. The molecule has 0 radical (unpaired) electrons. The molecule has 2 rings (SSSR count). The van der Waals surface area contributed by atoms with Gasteiger partial charge in [-0.3, -0.25) is 9.69 Å². The van der Waals surface area contributed by atoms with Crippen molar-refractivity contribution in [3.05, 3.63) is 29.8 Å². The Kier molecular flexibility index (Phi) is 7.60. The van der Waals surface area contributed by atoms with Gasteiger partial charge < -0.3 is 14.6 Å². The average molecular weight is 331 g/mol. The molecule has 1 heterocycles. The fourth-order valence-corrected chi connectivity index (χ4v) is 2.66. The number of ether oxygens (including phenoxy) is 2. The zero-order valence-corrected chi connectivity index (χ0v) is 13.9. The Morgan fingerprint density at radius 1 is 1.38 bits per heavy atom. The highest BCUT2D eigenvalue weighted by Gasteiger charge is 2.22. The first kappa shape index (κ1) is 18.3. The topological polar surface area (TPSA) is 59.0 Å². The molecule has 1 aliphatic heterocycles. The summed E-state index contributed by atoms with van der Waals surface area (Å²) in [7, 11) is 0. The van der Waals surface area contributed by atoms with Crippen LogP contribution in [0.2, 0.25) is 0 Å². The molecule has 1 N–H and O–H groups in total. The third-order valence-electron chi connectivity index (χ3n) is 4.03.